The molecule has 1 atom stereocenters. The third kappa shape index (κ3) is 2.28. The number of pyridine rings is 1. The molecule has 3 N–H and O–H groups in total. The lowest BCUT2D eigenvalue weighted by Gasteiger charge is -2.25. The minimum Gasteiger partial charge on any atom is -0.493 e. The number of aromatic nitrogens is 1. The molecule has 3 rings (SSSR count). The summed E-state index contributed by atoms with van der Waals surface area (Å²) in [7, 11) is 0. The van der Waals surface area contributed by atoms with E-state index in [-0.39, 0.29) is 6.04 Å². The SMILES string of the molecule is Cc1cccnc1C(NN)c1cccc2c1OCCC2. The van der Waals surface area contributed by atoms with Crippen molar-refractivity contribution in [1.82, 2.24) is 10.4 Å². The number of hydrazine groups is 1. The number of para-hydroxylation sites is 1. The number of rotatable bonds is 3. The summed E-state index contributed by atoms with van der Waals surface area (Å²) in [5, 5.41) is 0. The predicted octanol–water partition coefficient (Wildman–Crippen LogP) is 2.27. The number of nitrogens with one attached hydrogen (secondary N) is 1. The van der Waals surface area contributed by atoms with Crippen LogP contribution in [-0.4, -0.2) is 11.6 Å². The molecule has 20 heavy (non-hydrogen) atoms. The molecule has 2 aromatic rings. The molecule has 1 aliphatic rings. The van der Waals surface area contributed by atoms with Gasteiger partial charge in [-0.1, -0.05) is 24.3 Å². The lowest BCUT2D eigenvalue weighted by molar-refractivity contribution is 0.283. The fourth-order valence-electron chi connectivity index (χ4n) is 2.76. The van der Waals surface area contributed by atoms with Crippen LogP contribution in [0.4, 0.5) is 0 Å². The van der Waals surface area contributed by atoms with E-state index in [0.29, 0.717) is 0 Å². The van der Waals surface area contributed by atoms with E-state index >= 15 is 0 Å². The smallest absolute Gasteiger partial charge is 0.127 e. The van der Waals surface area contributed by atoms with Crippen LogP contribution in [0.3, 0.4) is 0 Å². The Bertz CT molecular complexity index is 612. The maximum absolute atomic E-state index is 5.88. The minimum absolute atomic E-state index is 0.149. The molecule has 1 aliphatic heterocycles. The summed E-state index contributed by atoms with van der Waals surface area (Å²) in [6.45, 7) is 2.81. The summed E-state index contributed by atoms with van der Waals surface area (Å²) >= 11 is 0. The molecule has 1 aromatic heterocycles. The van der Waals surface area contributed by atoms with Crippen LogP contribution in [0, 0.1) is 6.92 Å². The van der Waals surface area contributed by atoms with Gasteiger partial charge in [0.2, 0.25) is 0 Å². The topological polar surface area (TPSA) is 60.2 Å². The molecule has 0 bridgehead atoms. The van der Waals surface area contributed by atoms with Crippen molar-refractivity contribution in [2.45, 2.75) is 25.8 Å². The van der Waals surface area contributed by atoms with Crippen LogP contribution < -0.4 is 16.0 Å². The Balaban J connectivity index is 2.09. The zero-order chi connectivity index (χ0) is 13.9. The zero-order valence-corrected chi connectivity index (χ0v) is 11.6. The fourth-order valence-corrected chi connectivity index (χ4v) is 2.76. The first-order chi connectivity index (χ1) is 9.81. The summed E-state index contributed by atoms with van der Waals surface area (Å²) in [6.07, 6.45) is 3.92. The van der Waals surface area contributed by atoms with Crippen LogP contribution in [0.15, 0.2) is 36.5 Å². The standard InChI is InChI=1S/C16H19N3O/c1-11-5-3-9-18-14(11)15(19-17)13-8-2-6-12-7-4-10-20-16(12)13/h2-3,5-6,8-9,15,19H,4,7,10,17H2,1H3. The van der Waals surface area contributed by atoms with Crippen LogP contribution in [0.1, 0.15) is 34.8 Å². The molecule has 2 heterocycles. The third-order valence-electron chi connectivity index (χ3n) is 3.76. The molecule has 1 unspecified atom stereocenters. The largest absolute Gasteiger partial charge is 0.493 e. The summed E-state index contributed by atoms with van der Waals surface area (Å²) < 4.78 is 5.88. The van der Waals surface area contributed by atoms with Gasteiger partial charge in [-0.2, -0.15) is 0 Å². The Labute approximate surface area is 119 Å². The first kappa shape index (κ1) is 13.1. The maximum Gasteiger partial charge on any atom is 0.127 e. The minimum atomic E-state index is -0.149. The van der Waals surface area contributed by atoms with E-state index in [1.165, 1.54) is 5.56 Å². The zero-order valence-electron chi connectivity index (χ0n) is 11.6. The highest BCUT2D eigenvalue weighted by atomic mass is 16.5. The van der Waals surface area contributed by atoms with Crippen molar-refractivity contribution in [2.75, 3.05) is 6.61 Å². The first-order valence-electron chi connectivity index (χ1n) is 6.93. The number of nitrogens with zero attached hydrogens (tertiary/aromatic N) is 1. The van der Waals surface area contributed by atoms with Crippen LogP contribution in [0.25, 0.3) is 0 Å². The summed E-state index contributed by atoms with van der Waals surface area (Å²) in [4.78, 5) is 4.48. The van der Waals surface area contributed by atoms with Crippen LogP contribution in [0.5, 0.6) is 5.75 Å². The first-order valence-corrected chi connectivity index (χ1v) is 6.93. The Morgan fingerprint density at radius 1 is 1.30 bits per heavy atom. The number of fused-ring (bicyclic) bond motifs is 1. The molecule has 4 heteroatoms. The van der Waals surface area contributed by atoms with Crippen molar-refractivity contribution in [2.24, 2.45) is 5.84 Å². The number of hydrogen-bond donors (Lipinski definition) is 2. The fraction of sp³-hybridized carbons (Fsp3) is 0.312. The predicted molar refractivity (Wildman–Crippen MR) is 78.4 cm³/mol. The van der Waals surface area contributed by atoms with Gasteiger partial charge in [0.15, 0.2) is 0 Å². The van der Waals surface area contributed by atoms with Gasteiger partial charge < -0.3 is 4.74 Å². The van der Waals surface area contributed by atoms with E-state index < -0.39 is 0 Å². The normalized spacial score (nSPS) is 15.3. The summed E-state index contributed by atoms with van der Waals surface area (Å²) in [5.74, 6) is 6.76. The highest BCUT2D eigenvalue weighted by Crippen LogP contribution is 2.35. The van der Waals surface area contributed by atoms with Gasteiger partial charge in [-0.25, -0.2) is 5.43 Å². The van der Waals surface area contributed by atoms with Crippen LogP contribution in [-0.2, 0) is 6.42 Å². The second kappa shape index (κ2) is 5.61. The van der Waals surface area contributed by atoms with Gasteiger partial charge in [-0.15, -0.1) is 0 Å². The Hall–Kier alpha value is -1.91. The molecule has 0 fully saturated rings. The molecule has 0 aliphatic carbocycles. The second-order valence-electron chi connectivity index (χ2n) is 5.09. The van der Waals surface area contributed by atoms with Gasteiger partial charge in [-0.3, -0.25) is 10.8 Å². The highest BCUT2D eigenvalue weighted by Gasteiger charge is 2.23. The van der Waals surface area contributed by atoms with Crippen molar-refractivity contribution in [3.63, 3.8) is 0 Å². The van der Waals surface area contributed by atoms with E-state index in [2.05, 4.69) is 28.6 Å². The molecule has 0 spiro atoms. The van der Waals surface area contributed by atoms with E-state index in [9.17, 15) is 0 Å². The van der Waals surface area contributed by atoms with E-state index in [1.807, 2.05) is 19.1 Å². The molecule has 0 saturated heterocycles. The van der Waals surface area contributed by atoms with Crippen LogP contribution >= 0.6 is 0 Å². The van der Waals surface area contributed by atoms with Crippen molar-refractivity contribution in [1.29, 1.82) is 0 Å². The van der Waals surface area contributed by atoms with Gasteiger partial charge >= 0.3 is 0 Å². The highest BCUT2D eigenvalue weighted by molar-refractivity contribution is 5.47. The number of ether oxygens (including phenoxy) is 1. The van der Waals surface area contributed by atoms with Gasteiger partial charge in [-0.05, 0) is 37.0 Å². The lowest BCUT2D eigenvalue weighted by atomic mass is 9.95. The second-order valence-corrected chi connectivity index (χ2v) is 5.09. The van der Waals surface area contributed by atoms with Crippen molar-refractivity contribution < 1.29 is 4.74 Å². The molecule has 4 nitrogen and oxygen atoms in total. The average Bonchev–Trinajstić information content (AvgIpc) is 2.50. The summed E-state index contributed by atoms with van der Waals surface area (Å²) in [6, 6.07) is 10.1. The Morgan fingerprint density at radius 2 is 2.20 bits per heavy atom. The third-order valence-corrected chi connectivity index (χ3v) is 3.76. The van der Waals surface area contributed by atoms with Crippen molar-refractivity contribution in [3.05, 3.63) is 58.9 Å². The Morgan fingerprint density at radius 3 is 3.00 bits per heavy atom. The molecule has 0 amide bonds. The van der Waals surface area contributed by atoms with Gasteiger partial charge in [0.25, 0.3) is 0 Å². The van der Waals surface area contributed by atoms with Crippen molar-refractivity contribution in [3.8, 4) is 5.75 Å². The average molecular weight is 269 g/mol. The molecular formula is C16H19N3O. The van der Waals surface area contributed by atoms with Gasteiger partial charge in [0.1, 0.15) is 5.75 Å². The van der Waals surface area contributed by atoms with E-state index in [1.54, 1.807) is 6.20 Å². The lowest BCUT2D eigenvalue weighted by Crippen LogP contribution is -2.31. The molecule has 1 aromatic carbocycles. The van der Waals surface area contributed by atoms with Crippen molar-refractivity contribution >= 4 is 0 Å². The molecule has 0 radical (unpaired) electrons. The monoisotopic (exact) mass is 269 g/mol. The van der Waals surface area contributed by atoms with Crippen LogP contribution in [0.2, 0.25) is 0 Å². The number of aryl methyl sites for hydroxylation is 2. The quantitative estimate of drug-likeness (QED) is 0.663. The van der Waals surface area contributed by atoms with Gasteiger partial charge in [0.05, 0.1) is 18.3 Å². The number of benzene rings is 1. The van der Waals surface area contributed by atoms with E-state index in [4.69, 9.17) is 10.6 Å². The maximum atomic E-state index is 5.88. The van der Waals surface area contributed by atoms with E-state index in [0.717, 1.165) is 42.0 Å². The molecular weight excluding hydrogens is 250 g/mol. The number of nitrogens with two attached hydrogens (primary N) is 1. The molecule has 0 saturated carbocycles. The molecule has 104 valence electrons. The Kier molecular flexibility index (Phi) is 3.67. The number of hydrogen-bond acceptors (Lipinski definition) is 4. The summed E-state index contributed by atoms with van der Waals surface area (Å²) in [5.41, 5.74) is 7.25. The van der Waals surface area contributed by atoms with Gasteiger partial charge in [0, 0.05) is 11.8 Å².